The molecule has 2 aromatic rings. The fourth-order valence-corrected chi connectivity index (χ4v) is 2.73. The van der Waals surface area contributed by atoms with Crippen LogP contribution in [0.15, 0.2) is 48.0 Å². The number of aromatic nitrogens is 2. The first kappa shape index (κ1) is 12.0. The lowest BCUT2D eigenvalue weighted by Crippen LogP contribution is -2.04. The molecule has 0 saturated carbocycles. The van der Waals surface area contributed by atoms with Gasteiger partial charge in [-0.25, -0.2) is 4.98 Å². The molecule has 4 heteroatoms. The van der Waals surface area contributed by atoms with E-state index in [1.165, 1.54) is 11.3 Å². The standard InChI is InChI=1S/C15H12N2OS/c18-14(12-8-4-5-9-16-12)13-10-19-15(17-13)11-6-2-1-3-7-11/h2,4-10H,1,3H2. The first-order valence-corrected chi connectivity index (χ1v) is 7.01. The average molecular weight is 268 g/mol. The summed E-state index contributed by atoms with van der Waals surface area (Å²) < 4.78 is 0. The van der Waals surface area contributed by atoms with Gasteiger partial charge in [-0.05, 0) is 25.0 Å². The molecule has 0 saturated heterocycles. The second kappa shape index (κ2) is 5.28. The molecule has 3 rings (SSSR count). The van der Waals surface area contributed by atoms with Crippen LogP contribution in [0.25, 0.3) is 5.57 Å². The first-order valence-electron chi connectivity index (χ1n) is 6.13. The Morgan fingerprint density at radius 1 is 1.21 bits per heavy atom. The van der Waals surface area contributed by atoms with Gasteiger partial charge in [0.2, 0.25) is 5.78 Å². The van der Waals surface area contributed by atoms with Gasteiger partial charge in [0, 0.05) is 17.2 Å². The van der Waals surface area contributed by atoms with Crippen LogP contribution in [0.4, 0.5) is 0 Å². The van der Waals surface area contributed by atoms with Gasteiger partial charge in [-0.3, -0.25) is 9.78 Å². The molecule has 0 atom stereocenters. The van der Waals surface area contributed by atoms with Gasteiger partial charge in [0.1, 0.15) is 16.4 Å². The highest BCUT2D eigenvalue weighted by molar-refractivity contribution is 7.11. The Hall–Kier alpha value is -2.07. The zero-order valence-corrected chi connectivity index (χ0v) is 11.1. The quantitative estimate of drug-likeness (QED) is 0.800. The lowest BCUT2D eigenvalue weighted by atomic mass is 10.1. The smallest absolute Gasteiger partial charge is 0.230 e. The van der Waals surface area contributed by atoms with Crippen LogP contribution < -0.4 is 0 Å². The third kappa shape index (κ3) is 2.53. The predicted molar refractivity (Wildman–Crippen MR) is 76.1 cm³/mol. The van der Waals surface area contributed by atoms with Crippen molar-refractivity contribution in [2.24, 2.45) is 0 Å². The molecule has 0 N–H and O–H groups in total. The van der Waals surface area contributed by atoms with Crippen molar-refractivity contribution >= 4 is 22.7 Å². The van der Waals surface area contributed by atoms with E-state index in [-0.39, 0.29) is 5.78 Å². The van der Waals surface area contributed by atoms with Gasteiger partial charge in [-0.15, -0.1) is 11.3 Å². The van der Waals surface area contributed by atoms with Gasteiger partial charge < -0.3 is 0 Å². The number of rotatable bonds is 3. The summed E-state index contributed by atoms with van der Waals surface area (Å²) in [6, 6.07) is 5.31. The normalized spacial score (nSPS) is 14.2. The van der Waals surface area contributed by atoms with Crippen LogP contribution in [-0.2, 0) is 0 Å². The van der Waals surface area contributed by atoms with E-state index in [2.05, 4.69) is 28.2 Å². The summed E-state index contributed by atoms with van der Waals surface area (Å²) >= 11 is 1.50. The maximum absolute atomic E-state index is 12.2. The maximum atomic E-state index is 12.2. The molecule has 0 amide bonds. The SMILES string of the molecule is O=C(c1ccccn1)c1csc(C2=CCCC=C2)n1. The summed E-state index contributed by atoms with van der Waals surface area (Å²) in [5, 5.41) is 2.70. The number of pyridine rings is 1. The summed E-state index contributed by atoms with van der Waals surface area (Å²) in [6.45, 7) is 0. The van der Waals surface area contributed by atoms with E-state index in [4.69, 9.17) is 0 Å². The number of allylic oxidation sites excluding steroid dienone is 4. The van der Waals surface area contributed by atoms with Gasteiger partial charge in [0.15, 0.2) is 0 Å². The molecule has 0 aromatic carbocycles. The van der Waals surface area contributed by atoms with Gasteiger partial charge in [-0.1, -0.05) is 24.3 Å². The summed E-state index contributed by atoms with van der Waals surface area (Å²) in [5.41, 5.74) is 2.02. The molecule has 0 unspecified atom stereocenters. The van der Waals surface area contributed by atoms with Crippen molar-refractivity contribution in [2.75, 3.05) is 0 Å². The predicted octanol–water partition coefficient (Wildman–Crippen LogP) is 3.50. The summed E-state index contributed by atoms with van der Waals surface area (Å²) in [5.74, 6) is -0.122. The number of thiazole rings is 1. The van der Waals surface area contributed by atoms with Gasteiger partial charge in [0.25, 0.3) is 0 Å². The van der Waals surface area contributed by atoms with Crippen LogP contribution in [0.5, 0.6) is 0 Å². The Labute approximate surface area is 115 Å². The number of hydrogen-bond donors (Lipinski definition) is 0. The van der Waals surface area contributed by atoms with Crippen LogP contribution in [0.2, 0.25) is 0 Å². The zero-order valence-electron chi connectivity index (χ0n) is 10.2. The van der Waals surface area contributed by atoms with Crippen LogP contribution in [-0.4, -0.2) is 15.8 Å². The largest absolute Gasteiger partial charge is 0.285 e. The van der Waals surface area contributed by atoms with Crippen LogP contribution >= 0.6 is 11.3 Å². The fourth-order valence-electron chi connectivity index (χ4n) is 1.91. The van der Waals surface area contributed by atoms with E-state index in [1.807, 2.05) is 0 Å². The molecular formula is C15H12N2OS. The average Bonchev–Trinajstić information content (AvgIpc) is 2.98. The highest BCUT2D eigenvalue weighted by Crippen LogP contribution is 2.25. The Balaban J connectivity index is 1.88. The van der Waals surface area contributed by atoms with E-state index in [1.54, 1.807) is 29.8 Å². The molecule has 19 heavy (non-hydrogen) atoms. The number of ketones is 1. The summed E-state index contributed by atoms with van der Waals surface area (Å²) in [7, 11) is 0. The van der Waals surface area contributed by atoms with E-state index in [0.29, 0.717) is 11.4 Å². The van der Waals surface area contributed by atoms with Gasteiger partial charge >= 0.3 is 0 Å². The first-order chi connectivity index (χ1) is 9.34. The molecule has 2 heterocycles. The van der Waals surface area contributed by atoms with Gasteiger partial charge in [-0.2, -0.15) is 0 Å². The molecule has 1 aliphatic rings. The highest BCUT2D eigenvalue weighted by atomic mass is 32.1. The van der Waals surface area contributed by atoms with E-state index >= 15 is 0 Å². The molecule has 0 spiro atoms. The minimum absolute atomic E-state index is 0.122. The number of nitrogens with zero attached hydrogens (tertiary/aromatic N) is 2. The molecule has 0 aliphatic heterocycles. The molecule has 94 valence electrons. The van der Waals surface area contributed by atoms with Crippen LogP contribution in [0, 0.1) is 0 Å². The Kier molecular flexibility index (Phi) is 3.33. The van der Waals surface area contributed by atoms with E-state index in [0.717, 1.165) is 23.4 Å². The monoisotopic (exact) mass is 268 g/mol. The third-order valence-electron chi connectivity index (χ3n) is 2.88. The Bertz CT molecular complexity index is 656. The van der Waals surface area contributed by atoms with Crippen molar-refractivity contribution in [1.82, 2.24) is 9.97 Å². The number of carbonyl (C=O) groups is 1. The highest BCUT2D eigenvalue weighted by Gasteiger charge is 2.15. The number of hydrogen-bond acceptors (Lipinski definition) is 4. The van der Waals surface area contributed by atoms with E-state index < -0.39 is 0 Å². The lowest BCUT2D eigenvalue weighted by Gasteiger charge is -2.02. The minimum atomic E-state index is -0.122. The molecule has 0 bridgehead atoms. The topological polar surface area (TPSA) is 42.9 Å². The summed E-state index contributed by atoms with van der Waals surface area (Å²) in [4.78, 5) is 20.7. The van der Waals surface area contributed by atoms with Crippen molar-refractivity contribution in [1.29, 1.82) is 0 Å². The lowest BCUT2D eigenvalue weighted by molar-refractivity contribution is 0.103. The van der Waals surface area contributed by atoms with Crippen molar-refractivity contribution in [2.45, 2.75) is 12.8 Å². The number of carbonyl (C=O) groups excluding carboxylic acids is 1. The third-order valence-corrected chi connectivity index (χ3v) is 3.77. The molecular weight excluding hydrogens is 256 g/mol. The molecule has 0 radical (unpaired) electrons. The minimum Gasteiger partial charge on any atom is -0.285 e. The van der Waals surface area contributed by atoms with Crippen molar-refractivity contribution in [3.63, 3.8) is 0 Å². The van der Waals surface area contributed by atoms with Crippen molar-refractivity contribution in [3.05, 3.63) is 64.4 Å². The molecule has 3 nitrogen and oxygen atoms in total. The van der Waals surface area contributed by atoms with Crippen molar-refractivity contribution in [3.8, 4) is 0 Å². The zero-order chi connectivity index (χ0) is 13.1. The Morgan fingerprint density at radius 3 is 2.89 bits per heavy atom. The molecule has 1 aliphatic carbocycles. The molecule has 0 fully saturated rings. The second-order valence-corrected chi connectivity index (χ2v) is 5.08. The second-order valence-electron chi connectivity index (χ2n) is 4.22. The fraction of sp³-hybridized carbons (Fsp3) is 0.133. The maximum Gasteiger partial charge on any atom is 0.230 e. The summed E-state index contributed by atoms with van der Waals surface area (Å²) in [6.07, 6.45) is 10.1. The Morgan fingerprint density at radius 2 is 2.16 bits per heavy atom. The molecule has 2 aromatic heterocycles. The van der Waals surface area contributed by atoms with Crippen LogP contribution in [0.1, 0.15) is 34.0 Å². The van der Waals surface area contributed by atoms with Crippen molar-refractivity contribution < 1.29 is 4.79 Å². The van der Waals surface area contributed by atoms with Crippen LogP contribution in [0.3, 0.4) is 0 Å². The van der Waals surface area contributed by atoms with E-state index in [9.17, 15) is 4.79 Å². The van der Waals surface area contributed by atoms with Gasteiger partial charge in [0.05, 0.1) is 0 Å².